The molecule has 2 aromatic carbocycles. The highest BCUT2D eigenvalue weighted by molar-refractivity contribution is 8.18. The van der Waals surface area contributed by atoms with Gasteiger partial charge in [-0.25, -0.2) is 9.79 Å². The Morgan fingerprint density at radius 1 is 1.12 bits per heavy atom. The molecule has 1 aliphatic heterocycles. The summed E-state index contributed by atoms with van der Waals surface area (Å²) in [6.45, 7) is 0. The van der Waals surface area contributed by atoms with Crippen molar-refractivity contribution in [2.75, 3.05) is 0 Å². The van der Waals surface area contributed by atoms with Crippen LogP contribution in [0.3, 0.4) is 0 Å². The lowest BCUT2D eigenvalue weighted by Gasteiger charge is -2.01. The smallest absolute Gasteiger partial charge is 0.337 e. The normalized spacial score (nSPS) is 17.1. The minimum absolute atomic E-state index is 0.0522. The van der Waals surface area contributed by atoms with Crippen LogP contribution in [0.1, 0.15) is 15.9 Å². The number of para-hydroxylation sites is 1. The first kappa shape index (κ1) is 17.5. The zero-order valence-corrected chi connectivity index (χ0v) is 14.8. The average molecular weight is 393 g/mol. The summed E-state index contributed by atoms with van der Waals surface area (Å²) in [6.07, 6.45) is 1.58. The van der Waals surface area contributed by atoms with Crippen molar-refractivity contribution in [3.8, 4) is 0 Å². The maximum atomic E-state index is 12.1. The maximum Gasteiger partial charge on any atom is 0.337 e. The van der Waals surface area contributed by atoms with E-state index in [1.165, 1.54) is 6.07 Å². The summed E-state index contributed by atoms with van der Waals surface area (Å²) in [4.78, 5) is 28.0. The standard InChI is InChI=1S/C17H10Cl2N2O3S/c18-11-5-3-6-12(19)10(11)8-14-15(22)21-17(25-14)20-13-7-2-1-4-9(13)16(23)24/h1-8H,(H,23,24)(H,20,21,22)/b14-8-. The summed E-state index contributed by atoms with van der Waals surface area (Å²) in [5.74, 6) is -1.44. The Balaban J connectivity index is 1.94. The molecule has 0 unspecified atom stereocenters. The number of hydrogen-bond donors (Lipinski definition) is 2. The third-order valence-corrected chi connectivity index (χ3v) is 4.85. The molecule has 1 aliphatic rings. The zero-order valence-electron chi connectivity index (χ0n) is 12.5. The second-order valence-corrected chi connectivity index (χ2v) is 6.78. The highest BCUT2D eigenvalue weighted by Crippen LogP contribution is 2.33. The van der Waals surface area contributed by atoms with Gasteiger partial charge in [0.1, 0.15) is 0 Å². The number of carbonyl (C=O) groups is 2. The predicted octanol–water partition coefficient (Wildman–Crippen LogP) is 4.58. The molecule has 8 heteroatoms. The first-order valence-electron chi connectivity index (χ1n) is 7.01. The number of rotatable bonds is 3. The summed E-state index contributed by atoms with van der Waals surface area (Å²) >= 11 is 13.3. The maximum absolute atomic E-state index is 12.1. The van der Waals surface area contributed by atoms with E-state index < -0.39 is 5.97 Å². The monoisotopic (exact) mass is 392 g/mol. The lowest BCUT2D eigenvalue weighted by Crippen LogP contribution is -2.19. The number of carboxylic acid groups (broad SMARTS) is 1. The Hall–Kier alpha value is -2.28. The van der Waals surface area contributed by atoms with Gasteiger partial charge in [0.15, 0.2) is 5.17 Å². The molecule has 25 heavy (non-hydrogen) atoms. The van der Waals surface area contributed by atoms with Crippen molar-refractivity contribution in [2.24, 2.45) is 4.99 Å². The molecule has 1 fully saturated rings. The minimum atomic E-state index is -1.09. The van der Waals surface area contributed by atoms with Crippen LogP contribution in [0.5, 0.6) is 0 Å². The summed E-state index contributed by atoms with van der Waals surface area (Å²) in [6, 6.07) is 11.4. The molecule has 5 nitrogen and oxygen atoms in total. The molecule has 0 aliphatic carbocycles. The van der Waals surface area contributed by atoms with Crippen LogP contribution in [0.25, 0.3) is 6.08 Å². The van der Waals surface area contributed by atoms with E-state index in [0.29, 0.717) is 20.5 Å². The van der Waals surface area contributed by atoms with Gasteiger partial charge in [-0.2, -0.15) is 0 Å². The number of aromatic carboxylic acids is 1. The fraction of sp³-hybridized carbons (Fsp3) is 0. The first-order chi connectivity index (χ1) is 12.0. The van der Waals surface area contributed by atoms with Gasteiger partial charge in [0, 0.05) is 15.6 Å². The number of carboxylic acids is 1. The molecular formula is C17H10Cl2N2O3S. The number of nitrogens with zero attached hydrogens (tertiary/aromatic N) is 1. The summed E-state index contributed by atoms with van der Waals surface area (Å²) in [5.41, 5.74) is 0.849. The van der Waals surface area contributed by atoms with E-state index in [4.69, 9.17) is 23.2 Å². The molecule has 0 spiro atoms. The molecule has 0 radical (unpaired) electrons. The van der Waals surface area contributed by atoms with Crippen molar-refractivity contribution >= 4 is 63.8 Å². The second kappa shape index (κ2) is 7.31. The van der Waals surface area contributed by atoms with Gasteiger partial charge in [0.05, 0.1) is 16.2 Å². The first-order valence-corrected chi connectivity index (χ1v) is 8.59. The van der Waals surface area contributed by atoms with E-state index in [1.54, 1.807) is 42.5 Å². The van der Waals surface area contributed by atoms with Crippen molar-refractivity contribution in [2.45, 2.75) is 0 Å². The van der Waals surface area contributed by atoms with Gasteiger partial charge in [-0.1, -0.05) is 41.4 Å². The number of halogens is 2. The molecule has 2 aromatic rings. The van der Waals surface area contributed by atoms with Gasteiger partial charge in [0.2, 0.25) is 0 Å². The van der Waals surface area contributed by atoms with Crippen LogP contribution in [-0.2, 0) is 4.79 Å². The molecule has 3 rings (SSSR count). The topological polar surface area (TPSA) is 78.8 Å². The van der Waals surface area contributed by atoms with E-state index in [9.17, 15) is 14.7 Å². The number of hydrogen-bond acceptors (Lipinski definition) is 4. The van der Waals surface area contributed by atoms with Crippen LogP contribution in [0.2, 0.25) is 10.0 Å². The number of thioether (sulfide) groups is 1. The van der Waals surface area contributed by atoms with Crippen LogP contribution < -0.4 is 5.32 Å². The summed E-state index contributed by atoms with van der Waals surface area (Å²) in [5, 5.41) is 12.9. The molecule has 1 saturated heterocycles. The predicted molar refractivity (Wildman–Crippen MR) is 101 cm³/mol. The van der Waals surface area contributed by atoms with Gasteiger partial charge in [-0.15, -0.1) is 0 Å². The Morgan fingerprint density at radius 2 is 1.80 bits per heavy atom. The lowest BCUT2D eigenvalue weighted by molar-refractivity contribution is -0.115. The Bertz CT molecular complexity index is 921. The van der Waals surface area contributed by atoms with Gasteiger partial charge in [0.25, 0.3) is 5.91 Å². The number of amides is 1. The third kappa shape index (κ3) is 3.87. The Kier molecular flexibility index (Phi) is 5.13. The van der Waals surface area contributed by atoms with Crippen LogP contribution in [-0.4, -0.2) is 22.2 Å². The molecule has 0 saturated carbocycles. The van der Waals surface area contributed by atoms with Crippen molar-refractivity contribution in [3.05, 3.63) is 68.5 Å². The molecule has 126 valence electrons. The van der Waals surface area contributed by atoms with Crippen molar-refractivity contribution < 1.29 is 14.7 Å². The van der Waals surface area contributed by atoms with Crippen molar-refractivity contribution in [1.29, 1.82) is 0 Å². The van der Waals surface area contributed by atoms with Gasteiger partial charge < -0.3 is 10.4 Å². The molecule has 2 N–H and O–H groups in total. The summed E-state index contributed by atoms with van der Waals surface area (Å²) in [7, 11) is 0. The second-order valence-electron chi connectivity index (χ2n) is 4.94. The van der Waals surface area contributed by atoms with Crippen LogP contribution >= 0.6 is 35.0 Å². The van der Waals surface area contributed by atoms with Crippen molar-refractivity contribution in [1.82, 2.24) is 5.32 Å². The highest BCUT2D eigenvalue weighted by atomic mass is 35.5. The van der Waals surface area contributed by atoms with Gasteiger partial charge >= 0.3 is 5.97 Å². The Labute approximate surface area is 157 Å². The van der Waals surface area contributed by atoms with Gasteiger partial charge in [-0.3, -0.25) is 4.79 Å². The van der Waals surface area contributed by atoms with E-state index in [-0.39, 0.29) is 22.3 Å². The van der Waals surface area contributed by atoms with E-state index >= 15 is 0 Å². The van der Waals surface area contributed by atoms with E-state index in [2.05, 4.69) is 10.3 Å². The highest BCUT2D eigenvalue weighted by Gasteiger charge is 2.25. The molecule has 0 atom stereocenters. The quantitative estimate of drug-likeness (QED) is 0.748. The molecular weight excluding hydrogens is 383 g/mol. The molecule has 1 amide bonds. The third-order valence-electron chi connectivity index (χ3n) is 3.28. The molecule has 0 aromatic heterocycles. The SMILES string of the molecule is O=C1NC(=Nc2ccccc2C(=O)O)S/C1=C\c1c(Cl)cccc1Cl. The average Bonchev–Trinajstić information content (AvgIpc) is 2.91. The number of amidine groups is 1. The number of benzene rings is 2. The van der Waals surface area contributed by atoms with E-state index in [0.717, 1.165) is 11.8 Å². The van der Waals surface area contributed by atoms with Crippen LogP contribution in [0.4, 0.5) is 5.69 Å². The fourth-order valence-electron chi connectivity index (χ4n) is 2.12. The Morgan fingerprint density at radius 3 is 2.48 bits per heavy atom. The van der Waals surface area contributed by atoms with Gasteiger partial charge in [-0.05, 0) is 42.1 Å². The van der Waals surface area contributed by atoms with Crippen LogP contribution in [0, 0.1) is 0 Å². The van der Waals surface area contributed by atoms with Crippen LogP contribution in [0.15, 0.2) is 52.4 Å². The summed E-state index contributed by atoms with van der Waals surface area (Å²) < 4.78 is 0. The van der Waals surface area contributed by atoms with Crippen molar-refractivity contribution in [3.63, 3.8) is 0 Å². The number of carbonyl (C=O) groups excluding carboxylic acids is 1. The zero-order chi connectivity index (χ0) is 18.0. The lowest BCUT2D eigenvalue weighted by atomic mass is 10.2. The van der Waals surface area contributed by atoms with E-state index in [1.807, 2.05) is 0 Å². The molecule has 1 heterocycles. The molecule has 0 bridgehead atoms. The fourth-order valence-corrected chi connectivity index (χ4v) is 3.44. The largest absolute Gasteiger partial charge is 0.478 e. The number of aliphatic imine (C=N–C) groups is 1. The minimum Gasteiger partial charge on any atom is -0.478 e. The number of nitrogens with one attached hydrogen (secondary N) is 1.